The van der Waals surface area contributed by atoms with Crippen molar-refractivity contribution in [2.24, 2.45) is 10.7 Å². The van der Waals surface area contributed by atoms with Crippen molar-refractivity contribution in [2.45, 2.75) is 13.1 Å². The van der Waals surface area contributed by atoms with Gasteiger partial charge in [0.05, 0.1) is 19.4 Å². The molecule has 0 bridgehead atoms. The largest absolute Gasteiger partial charge is 0.467 e. The summed E-state index contributed by atoms with van der Waals surface area (Å²) in [5.41, 5.74) is 6.75. The number of aliphatic imine (C=N–C) groups is 1. The normalized spacial score (nSPS) is 11.5. The van der Waals surface area contributed by atoms with Gasteiger partial charge in [-0.3, -0.25) is 0 Å². The van der Waals surface area contributed by atoms with Crippen molar-refractivity contribution >= 4 is 5.96 Å². The van der Waals surface area contributed by atoms with Crippen LogP contribution in [0.5, 0.6) is 0 Å². The summed E-state index contributed by atoms with van der Waals surface area (Å²) in [5, 5.41) is 7.07. The minimum atomic E-state index is 0.338. The second-order valence-corrected chi connectivity index (χ2v) is 4.46. The minimum Gasteiger partial charge on any atom is -0.467 e. The van der Waals surface area contributed by atoms with Gasteiger partial charge in [0, 0.05) is 11.8 Å². The monoisotopic (exact) mass is 297 g/mol. The standard InChI is InChI=1S/C14H15N7O/c15-14(19-8-12-4-2-6-22-12)18-7-11-3-1-5-17-13(11)21-10-16-9-20-21/h1-6,9-10H,7-8H2,(H3,15,18,19). The van der Waals surface area contributed by atoms with Crippen LogP contribution >= 0.6 is 0 Å². The molecule has 0 saturated carbocycles. The molecule has 3 rings (SSSR count). The van der Waals surface area contributed by atoms with Gasteiger partial charge in [0.25, 0.3) is 0 Å². The lowest BCUT2D eigenvalue weighted by Gasteiger charge is -2.07. The third-order valence-corrected chi connectivity index (χ3v) is 2.95. The van der Waals surface area contributed by atoms with Crippen LogP contribution in [0.1, 0.15) is 11.3 Å². The van der Waals surface area contributed by atoms with Crippen LogP contribution in [0, 0.1) is 0 Å². The summed E-state index contributed by atoms with van der Waals surface area (Å²) in [4.78, 5) is 12.5. The van der Waals surface area contributed by atoms with E-state index in [0.29, 0.717) is 24.9 Å². The Kier molecular flexibility index (Phi) is 4.10. The van der Waals surface area contributed by atoms with E-state index in [1.165, 1.54) is 6.33 Å². The molecule has 0 aromatic carbocycles. The molecule has 3 aromatic heterocycles. The highest BCUT2D eigenvalue weighted by Gasteiger charge is 2.06. The van der Waals surface area contributed by atoms with E-state index in [4.69, 9.17) is 10.2 Å². The fraction of sp³-hybridized carbons (Fsp3) is 0.143. The van der Waals surface area contributed by atoms with Crippen molar-refractivity contribution in [3.05, 3.63) is 60.7 Å². The zero-order valence-electron chi connectivity index (χ0n) is 11.8. The van der Waals surface area contributed by atoms with E-state index in [2.05, 4.69) is 25.4 Å². The molecule has 0 saturated heterocycles. The fourth-order valence-electron chi connectivity index (χ4n) is 1.89. The second kappa shape index (κ2) is 6.53. The molecule has 0 fully saturated rings. The number of aromatic nitrogens is 4. The van der Waals surface area contributed by atoms with Crippen LogP contribution in [0.4, 0.5) is 0 Å². The Hall–Kier alpha value is -3.16. The second-order valence-electron chi connectivity index (χ2n) is 4.46. The topological polar surface area (TPSA) is 107 Å². The van der Waals surface area contributed by atoms with Gasteiger partial charge in [-0.2, -0.15) is 5.10 Å². The van der Waals surface area contributed by atoms with Gasteiger partial charge in [-0.05, 0) is 18.2 Å². The molecule has 0 radical (unpaired) electrons. The maximum atomic E-state index is 5.85. The first kappa shape index (κ1) is 13.8. The number of nitrogens with one attached hydrogen (secondary N) is 1. The summed E-state index contributed by atoms with van der Waals surface area (Å²) in [6, 6.07) is 7.46. The Morgan fingerprint density at radius 1 is 1.36 bits per heavy atom. The molecule has 0 spiro atoms. The third-order valence-electron chi connectivity index (χ3n) is 2.95. The summed E-state index contributed by atoms with van der Waals surface area (Å²) < 4.78 is 6.81. The summed E-state index contributed by atoms with van der Waals surface area (Å²) in [6.07, 6.45) is 6.36. The highest BCUT2D eigenvalue weighted by atomic mass is 16.3. The van der Waals surface area contributed by atoms with Gasteiger partial charge in [-0.25, -0.2) is 19.6 Å². The number of guanidine groups is 1. The first-order valence-electron chi connectivity index (χ1n) is 6.68. The zero-order chi connectivity index (χ0) is 15.2. The minimum absolute atomic E-state index is 0.338. The zero-order valence-corrected chi connectivity index (χ0v) is 11.8. The van der Waals surface area contributed by atoms with Crippen molar-refractivity contribution in [1.82, 2.24) is 25.1 Å². The van der Waals surface area contributed by atoms with Gasteiger partial charge in [0.1, 0.15) is 18.4 Å². The van der Waals surface area contributed by atoms with Gasteiger partial charge >= 0.3 is 0 Å². The van der Waals surface area contributed by atoms with E-state index in [1.54, 1.807) is 23.5 Å². The molecule has 0 aliphatic heterocycles. The summed E-state index contributed by atoms with van der Waals surface area (Å²) in [7, 11) is 0. The van der Waals surface area contributed by atoms with E-state index < -0.39 is 0 Å². The predicted molar refractivity (Wildman–Crippen MR) is 80.0 cm³/mol. The molecule has 3 heterocycles. The van der Waals surface area contributed by atoms with Gasteiger partial charge in [0.15, 0.2) is 11.8 Å². The molecule has 112 valence electrons. The lowest BCUT2D eigenvalue weighted by atomic mass is 10.2. The summed E-state index contributed by atoms with van der Waals surface area (Å²) >= 11 is 0. The lowest BCUT2D eigenvalue weighted by molar-refractivity contribution is 0.502. The van der Waals surface area contributed by atoms with Crippen LogP contribution in [0.3, 0.4) is 0 Å². The number of pyridine rings is 1. The average molecular weight is 297 g/mol. The van der Waals surface area contributed by atoms with Crippen LogP contribution in [-0.2, 0) is 13.1 Å². The molecule has 3 aromatic rings. The van der Waals surface area contributed by atoms with E-state index in [9.17, 15) is 0 Å². The first-order valence-corrected chi connectivity index (χ1v) is 6.68. The van der Waals surface area contributed by atoms with Crippen LogP contribution in [-0.4, -0.2) is 25.7 Å². The van der Waals surface area contributed by atoms with Crippen molar-refractivity contribution in [3.63, 3.8) is 0 Å². The maximum absolute atomic E-state index is 5.85. The highest BCUT2D eigenvalue weighted by molar-refractivity contribution is 5.77. The van der Waals surface area contributed by atoms with Crippen LogP contribution in [0.2, 0.25) is 0 Å². The molecule has 8 heteroatoms. The van der Waals surface area contributed by atoms with E-state index in [1.807, 2.05) is 24.3 Å². The number of rotatable bonds is 5. The quantitative estimate of drug-likeness (QED) is 0.534. The highest BCUT2D eigenvalue weighted by Crippen LogP contribution is 2.10. The Bertz CT molecular complexity index is 734. The van der Waals surface area contributed by atoms with Gasteiger partial charge < -0.3 is 15.5 Å². The average Bonchev–Trinajstić information content (AvgIpc) is 3.24. The van der Waals surface area contributed by atoms with E-state index >= 15 is 0 Å². The molecule has 22 heavy (non-hydrogen) atoms. The number of furan rings is 1. The number of nitrogens with two attached hydrogens (primary N) is 1. The van der Waals surface area contributed by atoms with Crippen LogP contribution in [0.15, 0.2) is 58.8 Å². The molecule has 8 nitrogen and oxygen atoms in total. The molecule has 0 aliphatic carbocycles. The van der Waals surface area contributed by atoms with Crippen LogP contribution < -0.4 is 11.1 Å². The van der Waals surface area contributed by atoms with Crippen molar-refractivity contribution in [3.8, 4) is 5.82 Å². The van der Waals surface area contributed by atoms with E-state index in [0.717, 1.165) is 11.3 Å². The number of hydrogen-bond acceptors (Lipinski definition) is 5. The van der Waals surface area contributed by atoms with Gasteiger partial charge in [-0.1, -0.05) is 6.07 Å². The molecular formula is C14H15N7O. The predicted octanol–water partition coefficient (Wildman–Crippen LogP) is 0.860. The molecule has 0 unspecified atom stereocenters. The SMILES string of the molecule is NC(=NCc1cccnc1-n1cncn1)NCc1ccco1. The summed E-state index contributed by atoms with van der Waals surface area (Å²) in [6.45, 7) is 0.880. The Labute approximate surface area is 126 Å². The summed E-state index contributed by atoms with van der Waals surface area (Å²) in [5.74, 6) is 1.82. The van der Waals surface area contributed by atoms with Crippen LogP contribution in [0.25, 0.3) is 5.82 Å². The smallest absolute Gasteiger partial charge is 0.189 e. The third kappa shape index (κ3) is 3.29. The van der Waals surface area contributed by atoms with Crippen molar-refractivity contribution < 1.29 is 4.42 Å². The molecule has 0 amide bonds. The maximum Gasteiger partial charge on any atom is 0.189 e. The van der Waals surface area contributed by atoms with Gasteiger partial charge in [-0.15, -0.1) is 0 Å². The Balaban J connectivity index is 1.67. The van der Waals surface area contributed by atoms with Gasteiger partial charge in [0.2, 0.25) is 0 Å². The fourth-order valence-corrected chi connectivity index (χ4v) is 1.89. The van der Waals surface area contributed by atoms with Crippen molar-refractivity contribution in [1.29, 1.82) is 0 Å². The first-order chi connectivity index (χ1) is 10.8. The van der Waals surface area contributed by atoms with Crippen molar-refractivity contribution in [2.75, 3.05) is 0 Å². The Morgan fingerprint density at radius 3 is 3.09 bits per heavy atom. The molecule has 0 aliphatic rings. The molecule has 3 N–H and O–H groups in total. The number of hydrogen-bond donors (Lipinski definition) is 2. The number of nitrogens with zero attached hydrogens (tertiary/aromatic N) is 5. The molecule has 0 atom stereocenters. The van der Waals surface area contributed by atoms with E-state index in [-0.39, 0.29) is 0 Å². The molecular weight excluding hydrogens is 282 g/mol. The lowest BCUT2D eigenvalue weighted by Crippen LogP contribution is -2.31. The Morgan fingerprint density at radius 2 is 2.32 bits per heavy atom.